The summed E-state index contributed by atoms with van der Waals surface area (Å²) in [5.74, 6) is 0.00496. The Labute approximate surface area is 133 Å². The molecule has 7 heteroatoms. The van der Waals surface area contributed by atoms with Crippen molar-refractivity contribution in [3.8, 4) is 0 Å². The SMILES string of the molecule is O=C(CNC(=O)NCCc1ccccc1F)NCc1ccco1. The van der Waals surface area contributed by atoms with Crippen molar-refractivity contribution in [1.29, 1.82) is 0 Å². The Morgan fingerprint density at radius 2 is 1.87 bits per heavy atom. The molecule has 0 fully saturated rings. The van der Waals surface area contributed by atoms with Gasteiger partial charge in [0, 0.05) is 6.54 Å². The van der Waals surface area contributed by atoms with Gasteiger partial charge in [0.2, 0.25) is 5.91 Å². The van der Waals surface area contributed by atoms with Crippen molar-refractivity contribution in [3.63, 3.8) is 0 Å². The second-order valence-corrected chi connectivity index (χ2v) is 4.81. The van der Waals surface area contributed by atoms with Gasteiger partial charge in [-0.25, -0.2) is 9.18 Å². The van der Waals surface area contributed by atoms with Crippen LogP contribution in [0.15, 0.2) is 47.1 Å². The van der Waals surface area contributed by atoms with E-state index in [0.29, 0.717) is 17.7 Å². The van der Waals surface area contributed by atoms with Crippen LogP contribution in [-0.4, -0.2) is 25.0 Å². The van der Waals surface area contributed by atoms with Crippen molar-refractivity contribution in [1.82, 2.24) is 16.0 Å². The highest BCUT2D eigenvalue weighted by molar-refractivity contribution is 5.83. The molecule has 0 aliphatic carbocycles. The maximum Gasteiger partial charge on any atom is 0.315 e. The van der Waals surface area contributed by atoms with Crippen LogP contribution in [0.25, 0.3) is 0 Å². The van der Waals surface area contributed by atoms with E-state index >= 15 is 0 Å². The highest BCUT2D eigenvalue weighted by Gasteiger charge is 2.06. The van der Waals surface area contributed by atoms with E-state index in [1.54, 1.807) is 30.3 Å². The van der Waals surface area contributed by atoms with Gasteiger partial charge in [-0.2, -0.15) is 0 Å². The Morgan fingerprint density at radius 3 is 2.61 bits per heavy atom. The minimum absolute atomic E-state index is 0.147. The molecule has 2 aromatic rings. The third-order valence-corrected chi connectivity index (χ3v) is 3.09. The number of furan rings is 1. The Kier molecular flexibility index (Phi) is 6.17. The molecule has 0 aliphatic rings. The monoisotopic (exact) mass is 319 g/mol. The molecule has 3 N–H and O–H groups in total. The van der Waals surface area contributed by atoms with Crippen molar-refractivity contribution in [2.24, 2.45) is 0 Å². The van der Waals surface area contributed by atoms with Crippen LogP contribution in [0.4, 0.5) is 9.18 Å². The Bertz CT molecular complexity index is 644. The summed E-state index contributed by atoms with van der Waals surface area (Å²) in [6, 6.07) is 9.37. The Hall–Kier alpha value is -2.83. The number of benzene rings is 1. The summed E-state index contributed by atoms with van der Waals surface area (Å²) in [4.78, 5) is 23.1. The van der Waals surface area contributed by atoms with Crippen LogP contribution >= 0.6 is 0 Å². The van der Waals surface area contributed by atoms with Crippen molar-refractivity contribution in [3.05, 3.63) is 59.8 Å². The summed E-state index contributed by atoms with van der Waals surface area (Å²) >= 11 is 0. The third kappa shape index (κ3) is 5.82. The largest absolute Gasteiger partial charge is 0.467 e. The molecule has 2 rings (SSSR count). The molecule has 0 saturated heterocycles. The number of rotatable bonds is 7. The molecule has 0 unspecified atom stereocenters. The molecule has 1 aromatic carbocycles. The van der Waals surface area contributed by atoms with Gasteiger partial charge in [-0.1, -0.05) is 18.2 Å². The lowest BCUT2D eigenvalue weighted by molar-refractivity contribution is -0.120. The van der Waals surface area contributed by atoms with E-state index in [9.17, 15) is 14.0 Å². The van der Waals surface area contributed by atoms with E-state index in [0.717, 1.165) is 0 Å². The highest BCUT2D eigenvalue weighted by Crippen LogP contribution is 2.05. The number of hydrogen-bond acceptors (Lipinski definition) is 3. The smallest absolute Gasteiger partial charge is 0.315 e. The standard InChI is InChI=1S/C16H18FN3O3/c17-14-6-2-1-4-12(14)7-8-18-16(22)20-11-15(21)19-10-13-5-3-9-23-13/h1-6,9H,7-8,10-11H2,(H,19,21)(H2,18,20,22). The van der Waals surface area contributed by atoms with Crippen LogP contribution in [0.2, 0.25) is 0 Å². The molecule has 6 nitrogen and oxygen atoms in total. The molecule has 0 saturated carbocycles. The average Bonchev–Trinajstić information content (AvgIpc) is 3.06. The van der Waals surface area contributed by atoms with E-state index in [1.807, 2.05) is 0 Å². The van der Waals surface area contributed by atoms with Gasteiger partial charge in [0.25, 0.3) is 0 Å². The van der Waals surface area contributed by atoms with Crippen LogP contribution in [0, 0.1) is 5.82 Å². The summed E-state index contributed by atoms with van der Waals surface area (Å²) in [6.45, 7) is 0.398. The predicted molar refractivity (Wildman–Crippen MR) is 82.1 cm³/mol. The average molecular weight is 319 g/mol. The lowest BCUT2D eigenvalue weighted by atomic mass is 10.1. The second-order valence-electron chi connectivity index (χ2n) is 4.81. The van der Waals surface area contributed by atoms with Gasteiger partial charge in [0.1, 0.15) is 11.6 Å². The minimum atomic E-state index is -0.477. The molecule has 122 valence electrons. The molecule has 0 bridgehead atoms. The van der Waals surface area contributed by atoms with Gasteiger partial charge < -0.3 is 20.4 Å². The van der Waals surface area contributed by atoms with Crippen LogP contribution in [0.1, 0.15) is 11.3 Å². The topological polar surface area (TPSA) is 83.4 Å². The van der Waals surface area contributed by atoms with E-state index in [1.165, 1.54) is 12.3 Å². The molecule has 0 atom stereocenters. The fraction of sp³-hybridized carbons (Fsp3) is 0.250. The molecule has 0 spiro atoms. The summed E-state index contributed by atoms with van der Waals surface area (Å²) in [6.07, 6.45) is 1.90. The van der Waals surface area contributed by atoms with E-state index in [4.69, 9.17) is 4.42 Å². The van der Waals surface area contributed by atoms with Crippen LogP contribution in [-0.2, 0) is 17.8 Å². The van der Waals surface area contributed by atoms with Crippen molar-refractivity contribution in [2.75, 3.05) is 13.1 Å². The summed E-state index contributed by atoms with van der Waals surface area (Å²) in [7, 11) is 0. The van der Waals surface area contributed by atoms with Crippen LogP contribution in [0.3, 0.4) is 0 Å². The zero-order valence-electron chi connectivity index (χ0n) is 12.5. The first-order chi connectivity index (χ1) is 11.1. The summed E-state index contributed by atoms with van der Waals surface area (Å²) < 4.78 is 18.4. The van der Waals surface area contributed by atoms with Gasteiger partial charge in [0.05, 0.1) is 19.4 Å². The molecule has 0 radical (unpaired) electrons. The Balaban J connectivity index is 1.59. The number of carbonyl (C=O) groups excluding carboxylic acids is 2. The first kappa shape index (κ1) is 16.5. The number of amides is 3. The van der Waals surface area contributed by atoms with E-state index in [2.05, 4.69) is 16.0 Å². The first-order valence-electron chi connectivity index (χ1n) is 7.19. The lowest BCUT2D eigenvalue weighted by Crippen LogP contribution is -2.42. The fourth-order valence-electron chi connectivity index (χ4n) is 1.90. The van der Waals surface area contributed by atoms with Gasteiger partial charge in [-0.15, -0.1) is 0 Å². The number of halogens is 1. The van der Waals surface area contributed by atoms with Crippen molar-refractivity contribution >= 4 is 11.9 Å². The number of nitrogens with one attached hydrogen (secondary N) is 3. The van der Waals surface area contributed by atoms with E-state index in [-0.39, 0.29) is 31.4 Å². The fourth-order valence-corrected chi connectivity index (χ4v) is 1.90. The van der Waals surface area contributed by atoms with Gasteiger partial charge in [0.15, 0.2) is 0 Å². The zero-order chi connectivity index (χ0) is 16.5. The molecule has 0 aliphatic heterocycles. The second kappa shape index (κ2) is 8.57. The quantitative estimate of drug-likeness (QED) is 0.724. The van der Waals surface area contributed by atoms with Gasteiger partial charge >= 0.3 is 6.03 Å². The van der Waals surface area contributed by atoms with Gasteiger partial charge in [-0.05, 0) is 30.2 Å². The molecule has 3 amide bonds. The predicted octanol–water partition coefficient (Wildman–Crippen LogP) is 1.58. The summed E-state index contributed by atoms with van der Waals surface area (Å²) in [5, 5.41) is 7.60. The normalized spacial score (nSPS) is 10.1. The van der Waals surface area contributed by atoms with Crippen LogP contribution in [0.5, 0.6) is 0 Å². The van der Waals surface area contributed by atoms with Gasteiger partial charge in [-0.3, -0.25) is 4.79 Å². The summed E-state index contributed by atoms with van der Waals surface area (Å²) in [5.41, 5.74) is 0.531. The maximum atomic E-state index is 13.4. The van der Waals surface area contributed by atoms with E-state index < -0.39 is 6.03 Å². The van der Waals surface area contributed by atoms with Crippen LogP contribution < -0.4 is 16.0 Å². The number of hydrogen-bond donors (Lipinski definition) is 3. The molecular weight excluding hydrogens is 301 g/mol. The third-order valence-electron chi connectivity index (χ3n) is 3.09. The van der Waals surface area contributed by atoms with Crippen molar-refractivity contribution in [2.45, 2.75) is 13.0 Å². The Morgan fingerprint density at radius 1 is 1.04 bits per heavy atom. The molecule has 1 heterocycles. The molecule has 23 heavy (non-hydrogen) atoms. The number of urea groups is 1. The first-order valence-corrected chi connectivity index (χ1v) is 7.19. The van der Waals surface area contributed by atoms with Crippen molar-refractivity contribution < 1.29 is 18.4 Å². The minimum Gasteiger partial charge on any atom is -0.467 e. The highest BCUT2D eigenvalue weighted by atomic mass is 19.1. The molecule has 1 aromatic heterocycles. The maximum absolute atomic E-state index is 13.4. The number of carbonyl (C=O) groups is 2. The molecular formula is C16H18FN3O3. The lowest BCUT2D eigenvalue weighted by Gasteiger charge is -2.08. The zero-order valence-corrected chi connectivity index (χ0v) is 12.5.